The predicted molar refractivity (Wildman–Crippen MR) is 54.4 cm³/mol. The van der Waals surface area contributed by atoms with Gasteiger partial charge in [-0.1, -0.05) is 36.8 Å². The normalized spacial score (nSPS) is 14.6. The molecule has 1 heteroatoms. The van der Waals surface area contributed by atoms with Crippen LogP contribution in [0.3, 0.4) is 0 Å². The lowest BCUT2D eigenvalue weighted by Gasteiger charge is -2.19. The quantitative estimate of drug-likeness (QED) is 0.673. The molecule has 0 N–H and O–H groups in total. The van der Waals surface area contributed by atoms with Crippen LogP contribution in [0.15, 0.2) is 24.3 Å². The van der Waals surface area contributed by atoms with Gasteiger partial charge in [0, 0.05) is 0 Å². The molecule has 1 aromatic rings. The third kappa shape index (κ3) is 1.89. The smallest absolute Gasteiger partial charge is 0.0791 e. The van der Waals surface area contributed by atoms with E-state index >= 15 is 0 Å². The van der Waals surface area contributed by atoms with Gasteiger partial charge >= 0.3 is 0 Å². The average Bonchev–Trinajstić information content (AvgIpc) is 2.18. The highest BCUT2D eigenvalue weighted by atomic mass is 14.3. The molecule has 0 heterocycles. The first-order valence-corrected chi connectivity index (χ1v) is 4.61. The van der Waals surface area contributed by atoms with Crippen molar-refractivity contribution in [1.82, 2.24) is 0 Å². The Morgan fingerprint density at radius 1 is 1.31 bits per heavy atom. The maximum atomic E-state index is 9.06. The van der Waals surface area contributed by atoms with Crippen LogP contribution in [-0.4, -0.2) is 0 Å². The van der Waals surface area contributed by atoms with Crippen LogP contribution >= 0.6 is 0 Å². The van der Waals surface area contributed by atoms with Gasteiger partial charge in [0.15, 0.2) is 0 Å². The highest BCUT2D eigenvalue weighted by Crippen LogP contribution is 2.26. The molecule has 0 aliphatic rings. The Hall–Kier alpha value is -1.29. The first-order valence-electron chi connectivity index (χ1n) is 4.61. The van der Waals surface area contributed by atoms with Crippen molar-refractivity contribution in [1.29, 1.82) is 5.26 Å². The molecule has 0 spiro atoms. The first kappa shape index (κ1) is 9.80. The zero-order valence-corrected chi connectivity index (χ0v) is 8.46. The Morgan fingerprint density at radius 2 is 1.85 bits per heavy atom. The lowest BCUT2D eigenvalue weighted by molar-refractivity contribution is 0.587. The Bertz CT molecular complexity index is 318. The Labute approximate surface area is 80.0 Å². The summed E-state index contributed by atoms with van der Waals surface area (Å²) in [6, 6.07) is 10.6. The lowest BCUT2D eigenvalue weighted by atomic mass is 9.81. The summed E-state index contributed by atoms with van der Waals surface area (Å²) < 4.78 is 0. The van der Waals surface area contributed by atoms with Gasteiger partial charge in [-0.15, -0.1) is 0 Å². The van der Waals surface area contributed by atoms with E-state index in [1.54, 1.807) is 0 Å². The van der Waals surface area contributed by atoms with E-state index in [9.17, 15) is 0 Å². The van der Waals surface area contributed by atoms with E-state index in [-0.39, 0.29) is 5.41 Å². The molecule has 1 unspecified atom stereocenters. The molecule has 1 nitrogen and oxygen atoms in total. The van der Waals surface area contributed by atoms with Gasteiger partial charge in [0.1, 0.15) is 0 Å². The number of nitrogens with zero attached hydrogens (tertiary/aromatic N) is 1. The van der Waals surface area contributed by atoms with Crippen molar-refractivity contribution in [2.45, 2.75) is 32.6 Å². The molecular weight excluding hydrogens is 158 g/mol. The summed E-state index contributed by atoms with van der Waals surface area (Å²) in [4.78, 5) is 0. The molecule has 68 valence electrons. The fraction of sp³-hybridized carbons (Fsp3) is 0.417. The van der Waals surface area contributed by atoms with Gasteiger partial charge < -0.3 is 0 Å². The second-order valence-electron chi connectivity index (χ2n) is 3.66. The van der Waals surface area contributed by atoms with Crippen LogP contribution in [0.2, 0.25) is 0 Å². The molecule has 0 radical (unpaired) electrons. The van der Waals surface area contributed by atoms with E-state index in [4.69, 9.17) is 5.26 Å². The average molecular weight is 173 g/mol. The molecule has 13 heavy (non-hydrogen) atoms. The van der Waals surface area contributed by atoms with Crippen LogP contribution in [0.5, 0.6) is 0 Å². The van der Waals surface area contributed by atoms with Crippen molar-refractivity contribution in [3.63, 3.8) is 0 Å². The maximum absolute atomic E-state index is 9.06. The summed E-state index contributed by atoms with van der Waals surface area (Å²) in [6.45, 7) is 6.08. The summed E-state index contributed by atoms with van der Waals surface area (Å²) >= 11 is 0. The van der Waals surface area contributed by atoms with Crippen molar-refractivity contribution >= 4 is 0 Å². The van der Waals surface area contributed by atoms with Gasteiger partial charge in [-0.25, -0.2) is 0 Å². The van der Waals surface area contributed by atoms with Crippen LogP contribution in [-0.2, 0) is 5.41 Å². The molecule has 0 bridgehead atoms. The molecule has 1 aromatic carbocycles. The fourth-order valence-corrected chi connectivity index (χ4v) is 1.27. The second-order valence-corrected chi connectivity index (χ2v) is 3.66. The van der Waals surface area contributed by atoms with E-state index in [0.29, 0.717) is 0 Å². The Morgan fingerprint density at radius 3 is 2.23 bits per heavy atom. The molecule has 1 rings (SSSR count). The van der Waals surface area contributed by atoms with Gasteiger partial charge in [-0.3, -0.25) is 0 Å². The zero-order valence-electron chi connectivity index (χ0n) is 8.46. The van der Waals surface area contributed by atoms with Crippen molar-refractivity contribution in [3.8, 4) is 6.07 Å². The molecule has 0 saturated heterocycles. The maximum Gasteiger partial charge on any atom is 0.0791 e. The number of benzene rings is 1. The third-order valence-electron chi connectivity index (χ3n) is 2.64. The second kappa shape index (κ2) is 3.62. The minimum absolute atomic E-state index is 0.326. The molecule has 0 aromatic heterocycles. The van der Waals surface area contributed by atoms with Crippen LogP contribution in [0.1, 0.15) is 31.4 Å². The zero-order chi connectivity index (χ0) is 9.90. The number of nitriles is 1. The lowest BCUT2D eigenvalue weighted by Crippen LogP contribution is -2.17. The van der Waals surface area contributed by atoms with E-state index in [2.05, 4.69) is 25.1 Å². The van der Waals surface area contributed by atoms with Crippen molar-refractivity contribution in [2.75, 3.05) is 0 Å². The van der Waals surface area contributed by atoms with Crippen molar-refractivity contribution in [2.24, 2.45) is 0 Å². The highest BCUT2D eigenvalue weighted by molar-refractivity contribution is 5.32. The predicted octanol–water partition coefficient (Wildman–Crippen LogP) is 3.19. The van der Waals surface area contributed by atoms with E-state index in [1.165, 1.54) is 5.56 Å². The van der Waals surface area contributed by atoms with Crippen LogP contribution in [0.4, 0.5) is 0 Å². The van der Waals surface area contributed by atoms with Gasteiger partial charge in [0.2, 0.25) is 0 Å². The summed E-state index contributed by atoms with van der Waals surface area (Å²) in [6.07, 6.45) is 0.854. The number of hydrogen-bond acceptors (Lipinski definition) is 1. The van der Waals surface area contributed by atoms with Crippen LogP contribution in [0.25, 0.3) is 0 Å². The highest BCUT2D eigenvalue weighted by Gasteiger charge is 2.23. The fourth-order valence-electron chi connectivity index (χ4n) is 1.27. The summed E-state index contributed by atoms with van der Waals surface area (Å²) in [7, 11) is 0. The number of rotatable bonds is 2. The molecule has 0 fully saturated rings. The molecule has 0 amide bonds. The third-order valence-corrected chi connectivity index (χ3v) is 2.64. The van der Waals surface area contributed by atoms with Crippen LogP contribution < -0.4 is 0 Å². The summed E-state index contributed by atoms with van der Waals surface area (Å²) in [5.41, 5.74) is 2.02. The van der Waals surface area contributed by atoms with Crippen LogP contribution in [0, 0.1) is 18.3 Å². The topological polar surface area (TPSA) is 23.8 Å². The minimum Gasteiger partial charge on any atom is -0.197 e. The molecule has 0 saturated carbocycles. The first-order chi connectivity index (χ1) is 6.12. The van der Waals surface area contributed by atoms with Gasteiger partial charge in [-0.05, 0) is 25.8 Å². The minimum atomic E-state index is -0.326. The van der Waals surface area contributed by atoms with E-state index < -0.39 is 0 Å². The van der Waals surface area contributed by atoms with Gasteiger partial charge in [0.25, 0.3) is 0 Å². The van der Waals surface area contributed by atoms with Gasteiger partial charge in [-0.2, -0.15) is 5.26 Å². The molecule has 0 aliphatic heterocycles. The number of hydrogen-bond donors (Lipinski definition) is 0. The summed E-state index contributed by atoms with van der Waals surface area (Å²) in [5.74, 6) is 0. The SMILES string of the molecule is CCC(C)(C#N)c1ccc(C)cc1. The van der Waals surface area contributed by atoms with E-state index in [0.717, 1.165) is 12.0 Å². The monoisotopic (exact) mass is 173 g/mol. The standard InChI is InChI=1S/C12H15N/c1-4-12(3,9-13)11-7-5-10(2)6-8-11/h5-8H,4H2,1-3H3. The largest absolute Gasteiger partial charge is 0.197 e. The molecular formula is C12H15N. The van der Waals surface area contributed by atoms with Crippen molar-refractivity contribution < 1.29 is 0 Å². The Balaban J connectivity index is 3.08. The molecule has 1 atom stereocenters. The summed E-state index contributed by atoms with van der Waals surface area (Å²) in [5, 5.41) is 9.06. The van der Waals surface area contributed by atoms with E-state index in [1.807, 2.05) is 26.0 Å². The Kier molecular flexibility index (Phi) is 2.72. The number of aryl methyl sites for hydroxylation is 1. The molecule has 0 aliphatic carbocycles. The van der Waals surface area contributed by atoms with Crippen molar-refractivity contribution in [3.05, 3.63) is 35.4 Å². The van der Waals surface area contributed by atoms with Gasteiger partial charge in [0.05, 0.1) is 11.5 Å².